The summed E-state index contributed by atoms with van der Waals surface area (Å²) in [6, 6.07) is 0.487. The molecule has 3 nitrogen and oxygen atoms in total. The van der Waals surface area contributed by atoms with Gasteiger partial charge >= 0.3 is 0 Å². The summed E-state index contributed by atoms with van der Waals surface area (Å²) in [5.74, 6) is 0.944. The Morgan fingerprint density at radius 2 is 2.00 bits per heavy atom. The highest BCUT2D eigenvalue weighted by molar-refractivity contribution is 5.77. The van der Waals surface area contributed by atoms with Crippen LogP contribution in [0.4, 0.5) is 0 Å². The number of amides is 1. The zero-order valence-electron chi connectivity index (χ0n) is 9.55. The van der Waals surface area contributed by atoms with Crippen molar-refractivity contribution < 1.29 is 4.79 Å². The highest BCUT2D eigenvalue weighted by atomic mass is 16.2. The van der Waals surface area contributed by atoms with E-state index in [2.05, 4.69) is 12.2 Å². The number of hydrogen-bond donors (Lipinski definition) is 1. The average molecular weight is 198 g/mol. The van der Waals surface area contributed by atoms with E-state index in [-0.39, 0.29) is 5.91 Å². The van der Waals surface area contributed by atoms with Gasteiger partial charge in [-0.05, 0) is 25.7 Å². The van der Waals surface area contributed by atoms with Crippen LogP contribution in [0.2, 0.25) is 0 Å². The van der Waals surface area contributed by atoms with Crippen molar-refractivity contribution in [1.82, 2.24) is 10.2 Å². The molecule has 1 saturated carbocycles. The second-order valence-electron chi connectivity index (χ2n) is 4.50. The topological polar surface area (TPSA) is 32.3 Å². The molecule has 1 N–H and O–H groups in total. The Labute approximate surface area is 86.9 Å². The van der Waals surface area contributed by atoms with Crippen LogP contribution < -0.4 is 5.32 Å². The average Bonchev–Trinajstić information content (AvgIpc) is 2.66. The van der Waals surface area contributed by atoms with E-state index in [0.29, 0.717) is 12.6 Å². The van der Waals surface area contributed by atoms with Crippen LogP contribution in [0.25, 0.3) is 0 Å². The number of nitrogens with one attached hydrogen (secondary N) is 1. The van der Waals surface area contributed by atoms with E-state index >= 15 is 0 Å². The number of likely N-dealkylation sites (N-methyl/N-ethyl adjacent to an activating group) is 1. The third-order valence-electron chi connectivity index (χ3n) is 3.18. The first kappa shape index (κ1) is 11.5. The molecule has 3 heteroatoms. The first-order valence-electron chi connectivity index (χ1n) is 5.55. The summed E-state index contributed by atoms with van der Waals surface area (Å²) in [5.41, 5.74) is 0. The summed E-state index contributed by atoms with van der Waals surface area (Å²) in [7, 11) is 3.59. The molecule has 1 rings (SSSR count). The van der Waals surface area contributed by atoms with Crippen molar-refractivity contribution in [2.45, 2.75) is 38.6 Å². The highest BCUT2D eigenvalue weighted by Crippen LogP contribution is 2.27. The second-order valence-corrected chi connectivity index (χ2v) is 4.50. The standard InChI is InChI=1S/C11H22N2O/c1-9(10-6-4-5-7-10)12-8-11(14)13(2)3/h9-10,12H,4-8H2,1-3H3/t9-/m0/s1. The summed E-state index contributed by atoms with van der Waals surface area (Å²) in [4.78, 5) is 13.0. The SMILES string of the molecule is C[C@H](NCC(=O)N(C)C)C1CCCC1. The maximum atomic E-state index is 11.3. The van der Waals surface area contributed by atoms with Gasteiger partial charge in [-0.3, -0.25) is 4.79 Å². The highest BCUT2D eigenvalue weighted by Gasteiger charge is 2.21. The molecule has 82 valence electrons. The molecule has 0 aliphatic heterocycles. The zero-order chi connectivity index (χ0) is 10.6. The normalized spacial score (nSPS) is 19.6. The minimum Gasteiger partial charge on any atom is -0.348 e. The van der Waals surface area contributed by atoms with Gasteiger partial charge in [-0.25, -0.2) is 0 Å². The van der Waals surface area contributed by atoms with Crippen LogP contribution in [0, 0.1) is 5.92 Å². The third kappa shape index (κ3) is 3.29. The van der Waals surface area contributed by atoms with Gasteiger partial charge < -0.3 is 10.2 Å². The van der Waals surface area contributed by atoms with Crippen LogP contribution in [0.3, 0.4) is 0 Å². The molecule has 1 amide bonds. The van der Waals surface area contributed by atoms with Gasteiger partial charge in [0.1, 0.15) is 0 Å². The minimum atomic E-state index is 0.162. The molecule has 0 saturated heterocycles. The Kier molecular flexibility index (Phi) is 4.39. The Morgan fingerprint density at radius 1 is 1.43 bits per heavy atom. The maximum absolute atomic E-state index is 11.3. The lowest BCUT2D eigenvalue weighted by atomic mass is 10.00. The molecule has 0 spiro atoms. The number of rotatable bonds is 4. The van der Waals surface area contributed by atoms with E-state index in [1.807, 2.05) is 0 Å². The van der Waals surface area contributed by atoms with Crippen molar-refractivity contribution in [1.29, 1.82) is 0 Å². The fraction of sp³-hybridized carbons (Fsp3) is 0.909. The molecule has 0 radical (unpaired) electrons. The van der Waals surface area contributed by atoms with Crippen molar-refractivity contribution in [3.05, 3.63) is 0 Å². The van der Waals surface area contributed by atoms with Crippen LogP contribution in [-0.2, 0) is 4.79 Å². The van der Waals surface area contributed by atoms with E-state index < -0.39 is 0 Å². The van der Waals surface area contributed by atoms with Gasteiger partial charge in [-0.1, -0.05) is 12.8 Å². The first-order valence-corrected chi connectivity index (χ1v) is 5.55. The summed E-state index contributed by atoms with van der Waals surface area (Å²) in [6.07, 6.45) is 5.37. The summed E-state index contributed by atoms with van der Waals surface area (Å²) >= 11 is 0. The molecule has 1 fully saturated rings. The quantitative estimate of drug-likeness (QED) is 0.737. The van der Waals surface area contributed by atoms with E-state index in [0.717, 1.165) is 5.92 Å². The molecule has 14 heavy (non-hydrogen) atoms. The van der Waals surface area contributed by atoms with Gasteiger partial charge in [0.2, 0.25) is 5.91 Å². The molecule has 0 unspecified atom stereocenters. The van der Waals surface area contributed by atoms with E-state index in [1.165, 1.54) is 25.7 Å². The fourth-order valence-electron chi connectivity index (χ4n) is 2.03. The van der Waals surface area contributed by atoms with E-state index in [4.69, 9.17) is 0 Å². The molecule has 1 aliphatic rings. The number of nitrogens with zero attached hydrogens (tertiary/aromatic N) is 1. The van der Waals surface area contributed by atoms with Gasteiger partial charge in [0.05, 0.1) is 6.54 Å². The minimum absolute atomic E-state index is 0.162. The zero-order valence-corrected chi connectivity index (χ0v) is 9.55. The van der Waals surface area contributed by atoms with Crippen LogP contribution in [0.5, 0.6) is 0 Å². The lowest BCUT2D eigenvalue weighted by molar-refractivity contribution is -0.127. The van der Waals surface area contributed by atoms with Crippen molar-refractivity contribution >= 4 is 5.91 Å². The molecule has 0 aromatic carbocycles. The van der Waals surface area contributed by atoms with Crippen LogP contribution >= 0.6 is 0 Å². The number of hydrogen-bond acceptors (Lipinski definition) is 2. The van der Waals surface area contributed by atoms with Gasteiger partial charge in [0.25, 0.3) is 0 Å². The largest absolute Gasteiger partial charge is 0.348 e. The lowest BCUT2D eigenvalue weighted by Crippen LogP contribution is -2.40. The second kappa shape index (κ2) is 5.35. The molecular formula is C11H22N2O. The van der Waals surface area contributed by atoms with Crippen LogP contribution in [0.1, 0.15) is 32.6 Å². The monoisotopic (exact) mass is 198 g/mol. The predicted octanol–water partition coefficient (Wildman–Crippen LogP) is 1.24. The Balaban J connectivity index is 2.20. The molecular weight excluding hydrogens is 176 g/mol. The van der Waals surface area contributed by atoms with Gasteiger partial charge in [0, 0.05) is 20.1 Å². The summed E-state index contributed by atoms with van der Waals surface area (Å²) in [6.45, 7) is 2.67. The first-order chi connectivity index (χ1) is 6.61. The van der Waals surface area contributed by atoms with Crippen molar-refractivity contribution in [3.8, 4) is 0 Å². The Bertz CT molecular complexity index is 186. The number of carbonyl (C=O) groups is 1. The molecule has 1 atom stereocenters. The predicted molar refractivity (Wildman–Crippen MR) is 58.1 cm³/mol. The maximum Gasteiger partial charge on any atom is 0.236 e. The van der Waals surface area contributed by atoms with Crippen molar-refractivity contribution in [2.24, 2.45) is 5.92 Å². The summed E-state index contributed by atoms with van der Waals surface area (Å²) < 4.78 is 0. The Hall–Kier alpha value is -0.570. The molecule has 1 aliphatic carbocycles. The lowest BCUT2D eigenvalue weighted by Gasteiger charge is -2.21. The fourth-order valence-corrected chi connectivity index (χ4v) is 2.03. The Morgan fingerprint density at radius 3 is 2.50 bits per heavy atom. The van der Waals surface area contributed by atoms with Crippen molar-refractivity contribution in [3.63, 3.8) is 0 Å². The number of carbonyl (C=O) groups excluding carboxylic acids is 1. The van der Waals surface area contributed by atoms with E-state index in [9.17, 15) is 4.79 Å². The van der Waals surface area contributed by atoms with Gasteiger partial charge in [-0.2, -0.15) is 0 Å². The molecule has 0 heterocycles. The molecule has 0 aromatic rings. The van der Waals surface area contributed by atoms with Gasteiger partial charge in [-0.15, -0.1) is 0 Å². The van der Waals surface area contributed by atoms with Crippen LogP contribution in [-0.4, -0.2) is 37.5 Å². The van der Waals surface area contributed by atoms with Crippen LogP contribution in [0.15, 0.2) is 0 Å². The van der Waals surface area contributed by atoms with Gasteiger partial charge in [0.15, 0.2) is 0 Å². The van der Waals surface area contributed by atoms with Crippen molar-refractivity contribution in [2.75, 3.05) is 20.6 Å². The smallest absolute Gasteiger partial charge is 0.236 e. The summed E-state index contributed by atoms with van der Waals surface area (Å²) in [5, 5.41) is 3.31. The third-order valence-corrected chi connectivity index (χ3v) is 3.18. The van der Waals surface area contributed by atoms with E-state index in [1.54, 1.807) is 19.0 Å². The molecule has 0 bridgehead atoms. The molecule has 0 aromatic heterocycles.